The average molecular weight is 394 g/mol. The van der Waals surface area contributed by atoms with Gasteiger partial charge in [0, 0.05) is 10.8 Å². The fourth-order valence-electron chi connectivity index (χ4n) is 5.03. The number of furan rings is 1. The van der Waals surface area contributed by atoms with Crippen LogP contribution in [0.2, 0.25) is 0 Å². The Bertz CT molecular complexity index is 1730. The molecule has 0 saturated heterocycles. The molecule has 0 N–H and O–H groups in total. The van der Waals surface area contributed by atoms with Crippen LogP contribution in [0, 0.1) is 0 Å². The molecule has 0 radical (unpaired) electrons. The zero-order chi connectivity index (χ0) is 20.4. The maximum absolute atomic E-state index is 6.35. The van der Waals surface area contributed by atoms with Gasteiger partial charge in [-0.15, -0.1) is 0 Å². The van der Waals surface area contributed by atoms with Crippen molar-refractivity contribution in [3.63, 3.8) is 0 Å². The Morgan fingerprint density at radius 1 is 0.419 bits per heavy atom. The SMILES string of the molecule is c1ccc2c(-c3ccc4c(c3)oc3ccc5ccccc5c34)c3ccccc3cc2c1. The van der Waals surface area contributed by atoms with Crippen molar-refractivity contribution in [2.75, 3.05) is 0 Å². The molecule has 0 atom stereocenters. The molecule has 0 aliphatic heterocycles. The average Bonchev–Trinajstić information content (AvgIpc) is 3.21. The van der Waals surface area contributed by atoms with Crippen molar-refractivity contribution in [3.05, 3.63) is 109 Å². The second-order valence-electron chi connectivity index (χ2n) is 8.17. The molecule has 0 fully saturated rings. The van der Waals surface area contributed by atoms with Gasteiger partial charge in [-0.25, -0.2) is 0 Å². The molecule has 0 bridgehead atoms. The van der Waals surface area contributed by atoms with Crippen LogP contribution in [-0.2, 0) is 0 Å². The van der Waals surface area contributed by atoms with Crippen molar-refractivity contribution < 1.29 is 4.42 Å². The number of rotatable bonds is 1. The number of hydrogen-bond donors (Lipinski definition) is 0. The third-order valence-electron chi connectivity index (χ3n) is 6.42. The molecule has 7 aromatic rings. The van der Waals surface area contributed by atoms with E-state index in [2.05, 4.69) is 109 Å². The standard InChI is InChI=1S/C30H18O/c1-4-10-23-19(7-1)14-16-27-30(23)26-15-13-22(18-28(26)31-27)29-24-11-5-2-8-20(24)17-21-9-3-6-12-25(21)29/h1-18H. The molecule has 1 heteroatoms. The summed E-state index contributed by atoms with van der Waals surface area (Å²) in [6, 6.07) is 39.0. The van der Waals surface area contributed by atoms with E-state index < -0.39 is 0 Å². The Morgan fingerprint density at radius 2 is 1.06 bits per heavy atom. The first-order valence-electron chi connectivity index (χ1n) is 10.6. The van der Waals surface area contributed by atoms with Crippen molar-refractivity contribution in [3.8, 4) is 11.1 Å². The van der Waals surface area contributed by atoms with Crippen molar-refractivity contribution in [2.45, 2.75) is 0 Å². The molecule has 1 aromatic heterocycles. The molecule has 0 unspecified atom stereocenters. The smallest absolute Gasteiger partial charge is 0.136 e. The van der Waals surface area contributed by atoms with E-state index in [9.17, 15) is 0 Å². The summed E-state index contributed by atoms with van der Waals surface area (Å²) in [5.41, 5.74) is 4.32. The fraction of sp³-hybridized carbons (Fsp3) is 0. The van der Waals surface area contributed by atoms with Gasteiger partial charge in [-0.3, -0.25) is 0 Å². The summed E-state index contributed by atoms with van der Waals surface area (Å²) in [6.07, 6.45) is 0. The van der Waals surface area contributed by atoms with Gasteiger partial charge in [-0.2, -0.15) is 0 Å². The zero-order valence-electron chi connectivity index (χ0n) is 16.8. The lowest BCUT2D eigenvalue weighted by atomic mass is 9.91. The largest absolute Gasteiger partial charge is 0.456 e. The normalized spacial score (nSPS) is 11.9. The first-order valence-corrected chi connectivity index (χ1v) is 10.6. The van der Waals surface area contributed by atoms with E-state index in [1.54, 1.807) is 0 Å². The van der Waals surface area contributed by atoms with Crippen LogP contribution in [0.1, 0.15) is 0 Å². The summed E-state index contributed by atoms with van der Waals surface area (Å²) < 4.78 is 6.35. The molecule has 1 heterocycles. The minimum absolute atomic E-state index is 0.931. The second kappa shape index (κ2) is 6.20. The van der Waals surface area contributed by atoms with Crippen LogP contribution < -0.4 is 0 Å². The predicted molar refractivity (Wildman–Crippen MR) is 132 cm³/mol. The van der Waals surface area contributed by atoms with Crippen molar-refractivity contribution in [1.29, 1.82) is 0 Å². The van der Waals surface area contributed by atoms with Gasteiger partial charge in [-0.1, -0.05) is 84.9 Å². The molecule has 0 aliphatic carbocycles. The highest BCUT2D eigenvalue weighted by Gasteiger charge is 2.14. The predicted octanol–water partition coefficient (Wildman–Crippen LogP) is 8.71. The molecule has 31 heavy (non-hydrogen) atoms. The quantitative estimate of drug-likeness (QED) is 0.254. The Balaban J connectivity index is 1.59. The maximum atomic E-state index is 6.35. The third-order valence-corrected chi connectivity index (χ3v) is 6.42. The summed E-state index contributed by atoms with van der Waals surface area (Å²) in [4.78, 5) is 0. The zero-order valence-corrected chi connectivity index (χ0v) is 16.8. The van der Waals surface area contributed by atoms with E-state index in [1.807, 2.05) is 0 Å². The monoisotopic (exact) mass is 394 g/mol. The van der Waals surface area contributed by atoms with Crippen LogP contribution in [0.15, 0.2) is 114 Å². The van der Waals surface area contributed by atoms with Crippen molar-refractivity contribution in [2.24, 2.45) is 0 Å². The number of benzene rings is 6. The molecular weight excluding hydrogens is 376 g/mol. The van der Waals surface area contributed by atoms with E-state index in [0.717, 1.165) is 11.2 Å². The Morgan fingerprint density at radius 3 is 1.81 bits per heavy atom. The summed E-state index contributed by atoms with van der Waals surface area (Å²) in [7, 11) is 0. The summed E-state index contributed by atoms with van der Waals surface area (Å²) in [5, 5.41) is 9.88. The molecule has 0 amide bonds. The lowest BCUT2D eigenvalue weighted by Crippen LogP contribution is -1.85. The van der Waals surface area contributed by atoms with Crippen LogP contribution >= 0.6 is 0 Å². The minimum atomic E-state index is 0.931. The van der Waals surface area contributed by atoms with Gasteiger partial charge in [0.25, 0.3) is 0 Å². The highest BCUT2D eigenvalue weighted by molar-refractivity contribution is 6.20. The summed E-state index contributed by atoms with van der Waals surface area (Å²) >= 11 is 0. The van der Waals surface area contributed by atoms with Gasteiger partial charge in [0.05, 0.1) is 0 Å². The number of fused-ring (bicyclic) bond motifs is 7. The van der Waals surface area contributed by atoms with Crippen LogP contribution in [-0.4, -0.2) is 0 Å². The first kappa shape index (κ1) is 16.7. The van der Waals surface area contributed by atoms with E-state index in [-0.39, 0.29) is 0 Å². The van der Waals surface area contributed by atoms with E-state index in [4.69, 9.17) is 4.42 Å². The highest BCUT2D eigenvalue weighted by atomic mass is 16.3. The van der Waals surface area contributed by atoms with Gasteiger partial charge >= 0.3 is 0 Å². The number of hydrogen-bond acceptors (Lipinski definition) is 1. The van der Waals surface area contributed by atoms with E-state index in [1.165, 1.54) is 54.2 Å². The lowest BCUT2D eigenvalue weighted by Gasteiger charge is -2.12. The van der Waals surface area contributed by atoms with Crippen LogP contribution in [0.25, 0.3) is 65.4 Å². The molecule has 0 aliphatic rings. The lowest BCUT2D eigenvalue weighted by molar-refractivity contribution is 0.669. The van der Waals surface area contributed by atoms with Crippen LogP contribution in [0.5, 0.6) is 0 Å². The highest BCUT2D eigenvalue weighted by Crippen LogP contribution is 2.40. The molecule has 7 rings (SSSR count). The van der Waals surface area contributed by atoms with Crippen molar-refractivity contribution in [1.82, 2.24) is 0 Å². The third kappa shape index (κ3) is 2.38. The van der Waals surface area contributed by atoms with Crippen molar-refractivity contribution >= 4 is 54.3 Å². The molecular formula is C30H18O. The summed E-state index contributed by atoms with van der Waals surface area (Å²) in [6.45, 7) is 0. The molecule has 1 nitrogen and oxygen atoms in total. The van der Waals surface area contributed by atoms with Gasteiger partial charge < -0.3 is 4.42 Å². The fourth-order valence-corrected chi connectivity index (χ4v) is 5.03. The van der Waals surface area contributed by atoms with Gasteiger partial charge in [0.2, 0.25) is 0 Å². The van der Waals surface area contributed by atoms with E-state index in [0.29, 0.717) is 0 Å². The minimum Gasteiger partial charge on any atom is -0.456 e. The maximum Gasteiger partial charge on any atom is 0.136 e. The molecule has 0 saturated carbocycles. The molecule has 144 valence electrons. The van der Waals surface area contributed by atoms with E-state index >= 15 is 0 Å². The summed E-state index contributed by atoms with van der Waals surface area (Å²) in [5.74, 6) is 0. The molecule has 0 spiro atoms. The topological polar surface area (TPSA) is 13.1 Å². The van der Waals surface area contributed by atoms with Crippen LogP contribution in [0.4, 0.5) is 0 Å². The Hall–Kier alpha value is -4.10. The first-order chi connectivity index (χ1) is 15.4. The second-order valence-corrected chi connectivity index (χ2v) is 8.17. The Labute approximate surface area is 179 Å². The molecule has 6 aromatic carbocycles. The Kier molecular flexibility index (Phi) is 3.33. The van der Waals surface area contributed by atoms with Crippen LogP contribution in [0.3, 0.4) is 0 Å². The van der Waals surface area contributed by atoms with Gasteiger partial charge in [-0.05, 0) is 67.7 Å². The van der Waals surface area contributed by atoms with Gasteiger partial charge in [0.1, 0.15) is 11.2 Å². The van der Waals surface area contributed by atoms with Gasteiger partial charge in [0.15, 0.2) is 0 Å².